The van der Waals surface area contributed by atoms with Gasteiger partial charge in [-0.2, -0.15) is 4.31 Å². The van der Waals surface area contributed by atoms with Gasteiger partial charge < -0.3 is 10.3 Å². The van der Waals surface area contributed by atoms with Crippen LogP contribution in [-0.4, -0.2) is 41.7 Å². The van der Waals surface area contributed by atoms with E-state index < -0.39 is 32.1 Å². The zero-order valence-electron chi connectivity index (χ0n) is 15.0. The van der Waals surface area contributed by atoms with E-state index in [1.165, 1.54) is 6.92 Å². The predicted octanol–water partition coefficient (Wildman–Crippen LogP) is 1.17. The number of H-pyrrole nitrogens is 2. The van der Waals surface area contributed by atoms with Crippen LogP contribution in [-0.2, 0) is 14.8 Å². The number of hydrogen-bond donors (Lipinski definition) is 3. The molecule has 1 aromatic carbocycles. The van der Waals surface area contributed by atoms with Crippen molar-refractivity contribution in [3.8, 4) is 0 Å². The van der Waals surface area contributed by atoms with Gasteiger partial charge in [-0.15, -0.1) is 0 Å². The number of rotatable bonds is 4. The number of amides is 1. The molecule has 1 aromatic heterocycles. The molecule has 3 N–H and O–H groups in total. The highest BCUT2D eigenvalue weighted by molar-refractivity contribution is 9.10. The minimum absolute atomic E-state index is 0.0338. The van der Waals surface area contributed by atoms with Crippen LogP contribution >= 0.6 is 15.9 Å². The first-order chi connectivity index (χ1) is 13.2. The van der Waals surface area contributed by atoms with E-state index in [1.807, 2.05) is 11.1 Å². The van der Waals surface area contributed by atoms with Gasteiger partial charge in [-0.3, -0.25) is 14.6 Å². The van der Waals surface area contributed by atoms with Gasteiger partial charge in [-0.25, -0.2) is 13.2 Å². The number of nitrogens with one attached hydrogen (secondary N) is 3. The molecule has 1 aliphatic rings. The second-order valence-corrected chi connectivity index (χ2v) is 9.26. The number of sulfonamides is 1. The maximum Gasteiger partial charge on any atom is 0.325 e. The molecule has 1 aliphatic heterocycles. The molecule has 3 rings (SSSR count). The highest BCUT2D eigenvalue weighted by atomic mass is 79.9. The van der Waals surface area contributed by atoms with E-state index >= 15 is 0 Å². The normalized spacial score (nSPS) is 18.0. The van der Waals surface area contributed by atoms with E-state index in [9.17, 15) is 22.8 Å². The lowest BCUT2D eigenvalue weighted by Crippen LogP contribution is -2.45. The molecular formula is C17H19BrN4O5S. The molecule has 2 aromatic rings. The Bertz CT molecular complexity index is 1120. The lowest BCUT2D eigenvalue weighted by molar-refractivity contribution is -0.120. The molecular weight excluding hydrogens is 452 g/mol. The third-order valence-electron chi connectivity index (χ3n) is 4.56. The van der Waals surface area contributed by atoms with Crippen molar-refractivity contribution in [1.82, 2.24) is 14.3 Å². The van der Waals surface area contributed by atoms with Crippen LogP contribution in [0, 0.1) is 12.8 Å². The third kappa shape index (κ3) is 4.10. The van der Waals surface area contributed by atoms with E-state index in [-0.39, 0.29) is 24.7 Å². The summed E-state index contributed by atoms with van der Waals surface area (Å²) in [5.74, 6) is -0.850. The largest absolute Gasteiger partial charge is 0.325 e. The number of para-hydroxylation sites is 1. The lowest BCUT2D eigenvalue weighted by atomic mass is 9.99. The van der Waals surface area contributed by atoms with Gasteiger partial charge in [0.1, 0.15) is 0 Å². The van der Waals surface area contributed by atoms with Crippen molar-refractivity contribution < 1.29 is 13.2 Å². The number of benzene rings is 1. The Labute approximate surface area is 169 Å². The first-order valence-electron chi connectivity index (χ1n) is 8.59. The Hall–Kier alpha value is -2.24. The van der Waals surface area contributed by atoms with Gasteiger partial charge in [-0.05, 0) is 47.8 Å². The van der Waals surface area contributed by atoms with Gasteiger partial charge in [-0.1, -0.05) is 12.1 Å². The Morgan fingerprint density at radius 2 is 1.96 bits per heavy atom. The standard InChI is InChI=1S/C17H19BrN4O5S/c1-10-14(16(24)21-17(25)19-10)28(26,27)22-8-4-5-11(9-22)15(23)20-13-7-3-2-6-12(13)18/h2-3,6-7,11H,4-5,8-9H2,1H3,(H,20,23)(H2,19,21,24,25). The number of carbonyl (C=O) groups is 1. The molecule has 1 unspecified atom stereocenters. The fraction of sp³-hybridized carbons (Fsp3) is 0.353. The quantitative estimate of drug-likeness (QED) is 0.616. The fourth-order valence-electron chi connectivity index (χ4n) is 3.20. The molecule has 150 valence electrons. The van der Waals surface area contributed by atoms with Gasteiger partial charge in [0.2, 0.25) is 15.9 Å². The highest BCUT2D eigenvalue weighted by Gasteiger charge is 2.36. The molecule has 1 fully saturated rings. The van der Waals surface area contributed by atoms with Gasteiger partial charge in [0.15, 0.2) is 4.90 Å². The summed E-state index contributed by atoms with van der Waals surface area (Å²) in [6.07, 6.45) is 1.01. The molecule has 0 radical (unpaired) electrons. The van der Waals surface area contributed by atoms with Crippen molar-refractivity contribution in [3.63, 3.8) is 0 Å². The van der Waals surface area contributed by atoms with Crippen molar-refractivity contribution >= 4 is 37.5 Å². The number of hydrogen-bond acceptors (Lipinski definition) is 5. The molecule has 0 spiro atoms. The van der Waals surface area contributed by atoms with Crippen LogP contribution in [0.1, 0.15) is 18.5 Å². The Morgan fingerprint density at radius 1 is 1.25 bits per heavy atom. The number of anilines is 1. The molecule has 11 heteroatoms. The number of aromatic nitrogens is 2. The summed E-state index contributed by atoms with van der Waals surface area (Å²) in [6, 6.07) is 7.13. The molecule has 1 amide bonds. The molecule has 9 nitrogen and oxygen atoms in total. The van der Waals surface area contributed by atoms with E-state index in [2.05, 4.69) is 26.2 Å². The second-order valence-electron chi connectivity index (χ2n) is 6.53. The number of halogens is 1. The lowest BCUT2D eigenvalue weighted by Gasteiger charge is -2.31. The number of aryl methyl sites for hydroxylation is 1. The number of piperidine rings is 1. The second kappa shape index (κ2) is 8.02. The molecule has 1 saturated heterocycles. The average Bonchev–Trinajstić information content (AvgIpc) is 2.62. The molecule has 1 atom stereocenters. The molecule has 0 aliphatic carbocycles. The van der Waals surface area contributed by atoms with Crippen LogP contribution in [0.15, 0.2) is 43.2 Å². The van der Waals surface area contributed by atoms with Gasteiger partial charge in [0.25, 0.3) is 5.56 Å². The van der Waals surface area contributed by atoms with Crippen LogP contribution in [0.3, 0.4) is 0 Å². The fourth-order valence-corrected chi connectivity index (χ4v) is 5.31. The molecule has 28 heavy (non-hydrogen) atoms. The summed E-state index contributed by atoms with van der Waals surface area (Å²) < 4.78 is 27.8. The molecule has 2 heterocycles. The minimum Gasteiger partial charge on any atom is -0.325 e. The van der Waals surface area contributed by atoms with Crippen molar-refractivity contribution in [2.24, 2.45) is 5.92 Å². The molecule has 0 saturated carbocycles. The Kier molecular flexibility index (Phi) is 5.87. The van der Waals surface area contributed by atoms with Crippen LogP contribution in [0.5, 0.6) is 0 Å². The van der Waals surface area contributed by atoms with Crippen LogP contribution in [0.25, 0.3) is 0 Å². The van der Waals surface area contributed by atoms with E-state index in [0.717, 1.165) is 8.78 Å². The maximum absolute atomic E-state index is 13.0. The average molecular weight is 471 g/mol. The van der Waals surface area contributed by atoms with Crippen LogP contribution in [0.2, 0.25) is 0 Å². The maximum atomic E-state index is 13.0. The highest BCUT2D eigenvalue weighted by Crippen LogP contribution is 2.26. The SMILES string of the molecule is Cc1[nH]c(=O)[nH]c(=O)c1S(=O)(=O)N1CCCC(C(=O)Nc2ccccc2Br)C1. The zero-order valence-corrected chi connectivity index (χ0v) is 17.4. The summed E-state index contributed by atoms with van der Waals surface area (Å²) in [5.41, 5.74) is -1.18. The third-order valence-corrected chi connectivity index (χ3v) is 7.27. The summed E-state index contributed by atoms with van der Waals surface area (Å²) in [7, 11) is -4.16. The van der Waals surface area contributed by atoms with E-state index in [1.54, 1.807) is 18.2 Å². The first-order valence-corrected chi connectivity index (χ1v) is 10.8. The Balaban J connectivity index is 1.83. The van der Waals surface area contributed by atoms with Crippen molar-refractivity contribution in [2.45, 2.75) is 24.7 Å². The predicted molar refractivity (Wildman–Crippen MR) is 107 cm³/mol. The smallest absolute Gasteiger partial charge is 0.325 e. The summed E-state index contributed by atoms with van der Waals surface area (Å²) in [6.45, 7) is 1.50. The number of nitrogens with zero attached hydrogens (tertiary/aromatic N) is 1. The number of carbonyl (C=O) groups excluding carboxylic acids is 1. The van der Waals surface area contributed by atoms with Gasteiger partial charge >= 0.3 is 5.69 Å². The van der Waals surface area contributed by atoms with E-state index in [4.69, 9.17) is 0 Å². The van der Waals surface area contributed by atoms with Crippen molar-refractivity contribution in [2.75, 3.05) is 18.4 Å². The van der Waals surface area contributed by atoms with Crippen LogP contribution < -0.4 is 16.6 Å². The summed E-state index contributed by atoms with van der Waals surface area (Å²) >= 11 is 3.36. The minimum atomic E-state index is -4.16. The molecule has 0 bridgehead atoms. The van der Waals surface area contributed by atoms with E-state index in [0.29, 0.717) is 18.5 Å². The monoisotopic (exact) mass is 470 g/mol. The Morgan fingerprint density at radius 3 is 2.64 bits per heavy atom. The van der Waals surface area contributed by atoms with Crippen molar-refractivity contribution in [1.29, 1.82) is 0 Å². The van der Waals surface area contributed by atoms with Gasteiger partial charge in [0, 0.05) is 23.3 Å². The number of aromatic amines is 2. The van der Waals surface area contributed by atoms with Gasteiger partial charge in [0.05, 0.1) is 11.6 Å². The zero-order chi connectivity index (χ0) is 20.5. The topological polar surface area (TPSA) is 132 Å². The van der Waals surface area contributed by atoms with Crippen LogP contribution in [0.4, 0.5) is 5.69 Å². The summed E-state index contributed by atoms with van der Waals surface area (Å²) in [4.78, 5) is 39.8. The first kappa shape index (κ1) is 20.5. The summed E-state index contributed by atoms with van der Waals surface area (Å²) in [5, 5.41) is 2.80. The van der Waals surface area contributed by atoms with Crippen molar-refractivity contribution in [3.05, 3.63) is 55.3 Å².